The van der Waals surface area contributed by atoms with Crippen LogP contribution in [0.1, 0.15) is 17.4 Å². The van der Waals surface area contributed by atoms with Gasteiger partial charge in [0, 0.05) is 6.07 Å². The first-order valence-electron chi connectivity index (χ1n) is 6.95. The van der Waals surface area contributed by atoms with Crippen molar-refractivity contribution in [3.05, 3.63) is 51.6 Å². The molecule has 1 heterocycles. The molecule has 0 bridgehead atoms. The minimum Gasteiger partial charge on any atom is -0.489 e. The molecule has 23 heavy (non-hydrogen) atoms. The molecular weight excluding hydrogens is 386 g/mol. The zero-order valence-electron chi connectivity index (χ0n) is 12.4. The van der Waals surface area contributed by atoms with E-state index in [-0.39, 0.29) is 23.9 Å². The van der Waals surface area contributed by atoms with Gasteiger partial charge in [-0.25, -0.2) is 9.78 Å². The van der Waals surface area contributed by atoms with Crippen molar-refractivity contribution in [2.24, 2.45) is 0 Å². The zero-order valence-corrected chi connectivity index (χ0v) is 14.8. The Bertz CT molecular complexity index is 681. The van der Waals surface area contributed by atoms with E-state index in [0.717, 1.165) is 4.47 Å². The average molecular weight is 401 g/mol. The van der Waals surface area contributed by atoms with Crippen LogP contribution in [0.15, 0.2) is 40.9 Å². The van der Waals surface area contributed by atoms with Gasteiger partial charge in [-0.2, -0.15) is 0 Å². The molecule has 5 nitrogen and oxygen atoms in total. The second-order valence-electron chi connectivity index (χ2n) is 4.33. The first-order chi connectivity index (χ1) is 11.1. The maximum absolute atomic E-state index is 12.0. The minimum absolute atomic E-state index is 0.0264. The van der Waals surface area contributed by atoms with E-state index in [0.29, 0.717) is 18.2 Å². The molecule has 0 aliphatic rings. The van der Waals surface area contributed by atoms with Gasteiger partial charge < -0.3 is 14.2 Å². The molecule has 0 unspecified atom stereocenters. The van der Waals surface area contributed by atoms with Gasteiger partial charge in [-0.05, 0) is 41.1 Å². The SMILES string of the molecule is CCOc1ccc(Cl)c(C(=O)OCCOc2ccccc2Br)n1. The van der Waals surface area contributed by atoms with Crippen molar-refractivity contribution in [1.82, 2.24) is 4.98 Å². The Kier molecular flexibility index (Phi) is 6.67. The van der Waals surface area contributed by atoms with Gasteiger partial charge in [-0.1, -0.05) is 23.7 Å². The molecule has 2 rings (SSSR count). The molecule has 0 saturated carbocycles. The van der Waals surface area contributed by atoms with Crippen LogP contribution in [0.2, 0.25) is 5.02 Å². The normalized spacial score (nSPS) is 10.2. The van der Waals surface area contributed by atoms with Crippen LogP contribution < -0.4 is 9.47 Å². The number of halogens is 2. The average Bonchev–Trinajstić information content (AvgIpc) is 2.55. The number of benzene rings is 1. The van der Waals surface area contributed by atoms with Crippen molar-refractivity contribution in [3.63, 3.8) is 0 Å². The van der Waals surface area contributed by atoms with Gasteiger partial charge >= 0.3 is 5.97 Å². The summed E-state index contributed by atoms with van der Waals surface area (Å²) in [7, 11) is 0. The summed E-state index contributed by atoms with van der Waals surface area (Å²) in [6, 6.07) is 10.6. The monoisotopic (exact) mass is 399 g/mol. The van der Waals surface area contributed by atoms with Gasteiger partial charge in [0.05, 0.1) is 16.1 Å². The molecule has 0 amide bonds. The third-order valence-corrected chi connectivity index (χ3v) is 3.68. The predicted octanol–water partition coefficient (Wildman–Crippen LogP) is 4.13. The maximum Gasteiger partial charge on any atom is 0.358 e. The van der Waals surface area contributed by atoms with E-state index in [1.807, 2.05) is 31.2 Å². The van der Waals surface area contributed by atoms with E-state index in [1.165, 1.54) is 0 Å². The molecule has 0 fully saturated rings. The summed E-state index contributed by atoms with van der Waals surface area (Å²) in [6.45, 7) is 2.57. The maximum atomic E-state index is 12.0. The molecular formula is C16H15BrClNO4. The third kappa shape index (κ3) is 5.11. The van der Waals surface area contributed by atoms with Gasteiger partial charge in [0.25, 0.3) is 0 Å². The Hall–Kier alpha value is -1.79. The first kappa shape index (κ1) is 17.6. The van der Waals surface area contributed by atoms with Gasteiger partial charge in [0.1, 0.15) is 19.0 Å². The number of ether oxygens (including phenoxy) is 3. The van der Waals surface area contributed by atoms with Gasteiger partial charge in [-0.3, -0.25) is 0 Å². The third-order valence-electron chi connectivity index (χ3n) is 2.72. The minimum atomic E-state index is -0.618. The molecule has 0 radical (unpaired) electrons. The zero-order chi connectivity index (χ0) is 16.7. The van der Waals surface area contributed by atoms with Crippen molar-refractivity contribution in [3.8, 4) is 11.6 Å². The number of nitrogens with zero attached hydrogens (tertiary/aromatic N) is 1. The highest BCUT2D eigenvalue weighted by Crippen LogP contribution is 2.23. The topological polar surface area (TPSA) is 57.7 Å². The summed E-state index contributed by atoms with van der Waals surface area (Å²) in [6.07, 6.45) is 0. The van der Waals surface area contributed by atoms with Crippen molar-refractivity contribution in [2.45, 2.75) is 6.92 Å². The van der Waals surface area contributed by atoms with Gasteiger partial charge in [0.15, 0.2) is 5.69 Å². The standard InChI is InChI=1S/C16H15BrClNO4/c1-2-21-14-8-7-12(18)15(19-14)16(20)23-10-9-22-13-6-4-3-5-11(13)17/h3-8H,2,9-10H2,1H3. The highest BCUT2D eigenvalue weighted by Gasteiger charge is 2.15. The fourth-order valence-corrected chi connectivity index (χ4v) is 2.29. The molecule has 0 aliphatic carbocycles. The smallest absolute Gasteiger partial charge is 0.358 e. The molecule has 122 valence electrons. The summed E-state index contributed by atoms with van der Waals surface area (Å²) in [5.41, 5.74) is 0.0264. The van der Waals surface area contributed by atoms with Crippen LogP contribution in [-0.4, -0.2) is 30.8 Å². The summed E-state index contributed by atoms with van der Waals surface area (Å²) in [5, 5.41) is 0.213. The number of esters is 1. The molecule has 0 spiro atoms. The summed E-state index contributed by atoms with van der Waals surface area (Å²) in [5.74, 6) is 0.388. The number of para-hydroxylation sites is 1. The van der Waals surface area contributed by atoms with Crippen molar-refractivity contribution in [1.29, 1.82) is 0 Å². The quantitative estimate of drug-likeness (QED) is 0.516. The molecule has 0 N–H and O–H groups in total. The molecule has 7 heteroatoms. The lowest BCUT2D eigenvalue weighted by Crippen LogP contribution is -2.14. The van der Waals surface area contributed by atoms with Crippen LogP contribution in [0, 0.1) is 0 Å². The van der Waals surface area contributed by atoms with E-state index in [4.69, 9.17) is 25.8 Å². The molecule has 1 aromatic carbocycles. The summed E-state index contributed by atoms with van der Waals surface area (Å²) >= 11 is 9.34. The lowest BCUT2D eigenvalue weighted by molar-refractivity contribution is 0.0442. The molecule has 2 aromatic rings. The van der Waals surface area contributed by atoms with Crippen LogP contribution in [0.25, 0.3) is 0 Å². The second kappa shape index (κ2) is 8.74. The van der Waals surface area contributed by atoms with Crippen LogP contribution in [0.4, 0.5) is 0 Å². The molecule has 1 aromatic heterocycles. The number of carbonyl (C=O) groups is 1. The van der Waals surface area contributed by atoms with E-state index < -0.39 is 5.97 Å². The lowest BCUT2D eigenvalue weighted by atomic mass is 10.3. The Labute approximate surface area is 147 Å². The number of aromatic nitrogens is 1. The van der Waals surface area contributed by atoms with Crippen molar-refractivity contribution >= 4 is 33.5 Å². The fraction of sp³-hybridized carbons (Fsp3) is 0.250. The Morgan fingerprint density at radius 1 is 1.17 bits per heavy atom. The Balaban J connectivity index is 1.87. The summed E-state index contributed by atoms with van der Waals surface area (Å²) < 4.78 is 16.7. The van der Waals surface area contributed by atoms with E-state index >= 15 is 0 Å². The number of rotatable bonds is 7. The Morgan fingerprint density at radius 2 is 1.96 bits per heavy atom. The molecule has 0 saturated heterocycles. The Morgan fingerprint density at radius 3 is 2.70 bits per heavy atom. The second-order valence-corrected chi connectivity index (χ2v) is 5.59. The van der Waals surface area contributed by atoms with E-state index in [9.17, 15) is 4.79 Å². The largest absolute Gasteiger partial charge is 0.489 e. The number of hydrogen-bond donors (Lipinski definition) is 0. The number of hydrogen-bond acceptors (Lipinski definition) is 5. The van der Waals surface area contributed by atoms with Gasteiger partial charge in [-0.15, -0.1) is 0 Å². The predicted molar refractivity (Wildman–Crippen MR) is 90.3 cm³/mol. The molecule has 0 atom stereocenters. The highest BCUT2D eigenvalue weighted by molar-refractivity contribution is 9.10. The summed E-state index contributed by atoms with van der Waals surface area (Å²) in [4.78, 5) is 16.0. The van der Waals surface area contributed by atoms with Crippen LogP contribution in [-0.2, 0) is 4.74 Å². The first-order valence-corrected chi connectivity index (χ1v) is 8.12. The van der Waals surface area contributed by atoms with Crippen LogP contribution >= 0.6 is 27.5 Å². The fourth-order valence-electron chi connectivity index (χ4n) is 1.71. The van der Waals surface area contributed by atoms with Gasteiger partial charge in [0.2, 0.25) is 5.88 Å². The molecule has 0 aliphatic heterocycles. The highest BCUT2D eigenvalue weighted by atomic mass is 79.9. The van der Waals surface area contributed by atoms with E-state index in [1.54, 1.807) is 12.1 Å². The van der Waals surface area contributed by atoms with Crippen molar-refractivity contribution < 1.29 is 19.0 Å². The van der Waals surface area contributed by atoms with Crippen LogP contribution in [0.3, 0.4) is 0 Å². The number of carbonyl (C=O) groups excluding carboxylic acids is 1. The van der Waals surface area contributed by atoms with E-state index in [2.05, 4.69) is 20.9 Å². The number of pyridine rings is 1. The van der Waals surface area contributed by atoms with Crippen molar-refractivity contribution in [2.75, 3.05) is 19.8 Å². The lowest BCUT2D eigenvalue weighted by Gasteiger charge is -2.09. The van der Waals surface area contributed by atoms with Crippen LogP contribution in [0.5, 0.6) is 11.6 Å².